The summed E-state index contributed by atoms with van der Waals surface area (Å²) in [6.45, 7) is 9.79. The first kappa shape index (κ1) is 24.0. The zero-order valence-electron chi connectivity index (χ0n) is 20.6. The van der Waals surface area contributed by atoms with Gasteiger partial charge in [-0.15, -0.1) is 0 Å². The molecule has 1 amide bonds. The van der Waals surface area contributed by atoms with E-state index in [1.165, 1.54) is 11.1 Å². The van der Waals surface area contributed by atoms with Crippen LogP contribution in [0.2, 0.25) is 10.0 Å². The van der Waals surface area contributed by atoms with E-state index in [9.17, 15) is 4.79 Å². The van der Waals surface area contributed by atoms with Crippen LogP contribution >= 0.6 is 23.2 Å². The molecule has 4 aromatic rings. The van der Waals surface area contributed by atoms with E-state index >= 15 is 0 Å². The minimum atomic E-state index is -0.0845. The Bertz CT molecular complexity index is 1450. The van der Waals surface area contributed by atoms with Crippen molar-refractivity contribution in [2.45, 2.75) is 57.9 Å². The lowest BCUT2D eigenvalue weighted by atomic mass is 9.63. The topological polar surface area (TPSA) is 34.0 Å². The van der Waals surface area contributed by atoms with E-state index in [4.69, 9.17) is 23.2 Å². The molecule has 0 fully saturated rings. The van der Waals surface area contributed by atoms with Gasteiger partial charge in [-0.25, -0.2) is 0 Å². The smallest absolute Gasteiger partial charge is 0.255 e. The Balaban J connectivity index is 1.38. The largest absolute Gasteiger partial charge is 0.343 e. The Morgan fingerprint density at radius 2 is 1.63 bits per heavy atom. The lowest BCUT2D eigenvalue weighted by Crippen LogP contribution is -2.34. The maximum atomic E-state index is 13.2. The molecule has 0 aliphatic heterocycles. The molecule has 0 unspecified atom stereocenters. The number of aromatic nitrogens is 1. The van der Waals surface area contributed by atoms with E-state index in [1.807, 2.05) is 42.6 Å². The zero-order valence-corrected chi connectivity index (χ0v) is 22.1. The van der Waals surface area contributed by atoms with E-state index in [0.717, 1.165) is 35.0 Å². The Kier molecular flexibility index (Phi) is 5.97. The second kappa shape index (κ2) is 8.72. The average Bonchev–Trinajstić information content (AvgIpc) is 3.20. The van der Waals surface area contributed by atoms with E-state index in [1.54, 1.807) is 6.07 Å². The lowest BCUT2D eigenvalue weighted by Gasteiger charge is -2.42. The van der Waals surface area contributed by atoms with E-state index < -0.39 is 0 Å². The number of nitrogens with one attached hydrogen (secondary N) is 1. The highest BCUT2D eigenvalue weighted by Gasteiger charge is 2.37. The fourth-order valence-corrected chi connectivity index (χ4v) is 5.65. The van der Waals surface area contributed by atoms with E-state index in [0.29, 0.717) is 22.2 Å². The van der Waals surface area contributed by atoms with Crippen LogP contribution in [0.15, 0.2) is 66.9 Å². The number of anilines is 1. The number of nitrogens with zero attached hydrogens (tertiary/aromatic N) is 1. The van der Waals surface area contributed by atoms with Gasteiger partial charge in [-0.1, -0.05) is 63.0 Å². The zero-order chi connectivity index (χ0) is 25.0. The molecule has 35 heavy (non-hydrogen) atoms. The predicted octanol–water partition coefficient (Wildman–Crippen LogP) is 8.60. The molecule has 3 aromatic carbocycles. The lowest BCUT2D eigenvalue weighted by molar-refractivity contribution is 0.102. The molecule has 0 saturated heterocycles. The first-order valence-electron chi connectivity index (χ1n) is 12.0. The molecular weight excluding hydrogens is 475 g/mol. The molecule has 1 aromatic heterocycles. The third-order valence-corrected chi connectivity index (χ3v) is 8.09. The van der Waals surface area contributed by atoms with Crippen LogP contribution in [-0.4, -0.2) is 10.5 Å². The number of amides is 1. The third kappa shape index (κ3) is 4.60. The summed E-state index contributed by atoms with van der Waals surface area (Å²) in [6, 6.07) is 19.8. The fourth-order valence-electron chi connectivity index (χ4n) is 5.18. The minimum absolute atomic E-state index is 0.0654. The molecule has 5 rings (SSSR count). The number of fused-ring (bicyclic) bond motifs is 2. The van der Waals surface area contributed by atoms with Crippen LogP contribution in [0.25, 0.3) is 10.9 Å². The number of benzene rings is 3. The van der Waals surface area contributed by atoms with Crippen LogP contribution < -0.4 is 5.32 Å². The molecule has 5 heteroatoms. The van der Waals surface area contributed by atoms with Gasteiger partial charge in [0.15, 0.2) is 0 Å². The molecule has 0 bridgehead atoms. The van der Waals surface area contributed by atoms with Gasteiger partial charge in [-0.05, 0) is 88.9 Å². The number of hydrogen-bond donors (Lipinski definition) is 1. The van der Waals surface area contributed by atoms with Crippen LogP contribution in [-0.2, 0) is 17.4 Å². The Morgan fingerprint density at radius 3 is 2.37 bits per heavy atom. The summed E-state index contributed by atoms with van der Waals surface area (Å²) in [4.78, 5) is 13.2. The van der Waals surface area contributed by atoms with Crippen LogP contribution in [0.3, 0.4) is 0 Å². The average molecular weight is 505 g/mol. The fraction of sp³-hybridized carbons (Fsp3) is 0.300. The maximum Gasteiger partial charge on any atom is 0.255 e. The minimum Gasteiger partial charge on any atom is -0.343 e. The molecule has 1 aliphatic rings. The quantitative estimate of drug-likeness (QED) is 0.296. The van der Waals surface area contributed by atoms with Crippen molar-refractivity contribution in [2.24, 2.45) is 0 Å². The van der Waals surface area contributed by atoms with Crippen LogP contribution in [0.4, 0.5) is 5.69 Å². The predicted molar refractivity (Wildman–Crippen MR) is 147 cm³/mol. The van der Waals surface area contributed by atoms with Gasteiger partial charge in [0.1, 0.15) is 0 Å². The number of hydrogen-bond acceptors (Lipinski definition) is 1. The van der Waals surface area contributed by atoms with Crippen molar-refractivity contribution in [3.8, 4) is 0 Å². The first-order chi connectivity index (χ1) is 16.5. The van der Waals surface area contributed by atoms with Crippen molar-refractivity contribution in [1.82, 2.24) is 4.57 Å². The third-order valence-electron chi connectivity index (χ3n) is 7.50. The standard InChI is InChI=1S/C30H30Cl2N2O/c1-29(2)12-13-30(3,4)25-16-20(6-9-24(25)29)28(35)33-23-8-10-27-19(15-23)11-14-34(27)18-21-5-7-22(31)17-26(21)32/h5-11,14-17H,12-13,18H2,1-4H3,(H,33,35). The highest BCUT2D eigenvalue weighted by molar-refractivity contribution is 6.35. The van der Waals surface area contributed by atoms with Gasteiger partial charge >= 0.3 is 0 Å². The second-order valence-corrected chi connectivity index (χ2v) is 11.8. The maximum absolute atomic E-state index is 13.2. The number of carbonyl (C=O) groups is 1. The Hall–Kier alpha value is -2.75. The number of rotatable bonds is 4. The van der Waals surface area contributed by atoms with Crippen molar-refractivity contribution in [3.05, 3.63) is 99.2 Å². The van der Waals surface area contributed by atoms with Crippen molar-refractivity contribution in [1.29, 1.82) is 0 Å². The van der Waals surface area contributed by atoms with Crippen molar-refractivity contribution >= 4 is 45.7 Å². The van der Waals surface area contributed by atoms with Crippen molar-refractivity contribution in [3.63, 3.8) is 0 Å². The summed E-state index contributed by atoms with van der Waals surface area (Å²) in [6.07, 6.45) is 4.31. The van der Waals surface area contributed by atoms with Crippen LogP contribution in [0.1, 0.15) is 67.6 Å². The van der Waals surface area contributed by atoms with Crippen molar-refractivity contribution < 1.29 is 4.79 Å². The second-order valence-electron chi connectivity index (χ2n) is 10.9. The molecule has 0 spiro atoms. The van der Waals surface area contributed by atoms with Crippen molar-refractivity contribution in [2.75, 3.05) is 5.32 Å². The summed E-state index contributed by atoms with van der Waals surface area (Å²) in [5, 5.41) is 5.43. The first-order valence-corrected chi connectivity index (χ1v) is 12.8. The molecule has 0 radical (unpaired) electrons. The monoisotopic (exact) mass is 504 g/mol. The Labute approximate surface area is 217 Å². The molecular formula is C30H30Cl2N2O. The Morgan fingerprint density at radius 1 is 0.886 bits per heavy atom. The number of carbonyl (C=O) groups excluding carboxylic acids is 1. The van der Waals surface area contributed by atoms with Crippen LogP contribution in [0, 0.1) is 0 Å². The molecule has 0 saturated carbocycles. The summed E-state index contributed by atoms with van der Waals surface area (Å²) in [7, 11) is 0. The molecule has 3 nitrogen and oxygen atoms in total. The molecule has 1 heterocycles. The summed E-state index contributed by atoms with van der Waals surface area (Å²) in [5.74, 6) is -0.0845. The number of halogens is 2. The van der Waals surface area contributed by atoms with Gasteiger partial charge < -0.3 is 9.88 Å². The van der Waals surface area contributed by atoms with Gasteiger partial charge in [0.05, 0.1) is 0 Å². The SMILES string of the molecule is CC1(C)CCC(C)(C)c2cc(C(=O)Nc3ccc4c(ccn4Cc4ccc(Cl)cc4Cl)c3)ccc21. The van der Waals surface area contributed by atoms with Gasteiger partial charge in [0, 0.05) is 44.9 Å². The summed E-state index contributed by atoms with van der Waals surface area (Å²) >= 11 is 12.4. The highest BCUT2D eigenvalue weighted by Crippen LogP contribution is 2.46. The molecule has 0 atom stereocenters. The van der Waals surface area contributed by atoms with Gasteiger partial charge in [-0.3, -0.25) is 4.79 Å². The van der Waals surface area contributed by atoms with Crippen LogP contribution in [0.5, 0.6) is 0 Å². The molecule has 180 valence electrons. The molecule has 1 aliphatic carbocycles. The van der Waals surface area contributed by atoms with Gasteiger partial charge in [-0.2, -0.15) is 0 Å². The highest BCUT2D eigenvalue weighted by atomic mass is 35.5. The van der Waals surface area contributed by atoms with E-state index in [2.05, 4.69) is 55.8 Å². The normalized spacial score (nSPS) is 16.2. The summed E-state index contributed by atoms with van der Waals surface area (Å²) in [5.41, 5.74) is 6.40. The van der Waals surface area contributed by atoms with Gasteiger partial charge in [0.25, 0.3) is 5.91 Å². The molecule has 1 N–H and O–H groups in total. The van der Waals surface area contributed by atoms with E-state index in [-0.39, 0.29) is 16.7 Å². The summed E-state index contributed by atoms with van der Waals surface area (Å²) < 4.78 is 2.14. The van der Waals surface area contributed by atoms with Gasteiger partial charge in [0.2, 0.25) is 0 Å².